The molecule has 1 aliphatic rings. The van der Waals surface area contributed by atoms with Gasteiger partial charge in [0.25, 0.3) is 0 Å². The second kappa shape index (κ2) is 6.86. The van der Waals surface area contributed by atoms with Gasteiger partial charge in [-0.3, -0.25) is 4.79 Å². The van der Waals surface area contributed by atoms with Crippen LogP contribution in [0.3, 0.4) is 0 Å². The van der Waals surface area contributed by atoms with Gasteiger partial charge in [-0.1, -0.05) is 0 Å². The van der Waals surface area contributed by atoms with Crippen LogP contribution in [0.2, 0.25) is 0 Å². The Morgan fingerprint density at radius 3 is 2.58 bits per heavy atom. The van der Waals surface area contributed by atoms with E-state index in [2.05, 4.69) is 26.0 Å². The number of anilines is 1. The van der Waals surface area contributed by atoms with Crippen molar-refractivity contribution in [3.63, 3.8) is 0 Å². The Morgan fingerprint density at radius 2 is 1.96 bits per heavy atom. The number of ketones is 1. The summed E-state index contributed by atoms with van der Waals surface area (Å²) in [6.45, 7) is 6.50. The molecule has 2 N–H and O–H groups in total. The minimum atomic E-state index is -0.527. The lowest BCUT2D eigenvalue weighted by atomic mass is 9.91. The monoisotopic (exact) mass is 423 g/mol. The summed E-state index contributed by atoms with van der Waals surface area (Å²) in [5.74, 6) is 0.133. The number of ether oxygens (including phenoxy) is 1. The summed E-state index contributed by atoms with van der Waals surface area (Å²) in [4.78, 5) is 30.7. The average Bonchev–Trinajstić information content (AvgIpc) is 2.91. The number of aromatic nitrogens is 3. The first-order valence-corrected chi connectivity index (χ1v) is 9.26. The van der Waals surface area contributed by atoms with Crippen LogP contribution in [0.4, 0.5) is 10.6 Å². The van der Waals surface area contributed by atoms with Gasteiger partial charge >= 0.3 is 6.09 Å². The van der Waals surface area contributed by atoms with Crippen molar-refractivity contribution in [1.82, 2.24) is 19.5 Å². The molecule has 0 radical (unpaired) electrons. The van der Waals surface area contributed by atoms with Crippen molar-refractivity contribution in [3.8, 4) is 0 Å². The highest BCUT2D eigenvalue weighted by atomic mass is 79.9. The third kappa shape index (κ3) is 3.67. The molecule has 2 aromatic heterocycles. The molecule has 1 amide bonds. The zero-order valence-corrected chi connectivity index (χ0v) is 16.6. The van der Waals surface area contributed by atoms with Gasteiger partial charge in [-0.05, 0) is 55.6 Å². The number of hydrogen-bond donors (Lipinski definition) is 1. The topological polar surface area (TPSA) is 103 Å². The molecule has 3 heterocycles. The van der Waals surface area contributed by atoms with Gasteiger partial charge in [0.2, 0.25) is 0 Å². The van der Waals surface area contributed by atoms with Gasteiger partial charge in [0.15, 0.2) is 11.6 Å². The fraction of sp³-hybridized carbons (Fsp3) is 0.529. The summed E-state index contributed by atoms with van der Waals surface area (Å²) >= 11 is 3.41. The van der Waals surface area contributed by atoms with Gasteiger partial charge in [-0.25, -0.2) is 14.3 Å². The van der Waals surface area contributed by atoms with E-state index in [1.54, 1.807) is 11.0 Å². The normalized spacial score (nSPS) is 16.1. The highest BCUT2D eigenvalue weighted by molar-refractivity contribution is 9.10. The fourth-order valence-electron chi connectivity index (χ4n) is 3.06. The number of piperidine rings is 1. The third-order valence-corrected chi connectivity index (χ3v) is 4.91. The van der Waals surface area contributed by atoms with Crippen LogP contribution in [0.1, 0.15) is 44.1 Å². The molecule has 8 nitrogen and oxygen atoms in total. The number of nitrogens with two attached hydrogens (primary N) is 1. The number of amides is 1. The minimum Gasteiger partial charge on any atom is -0.444 e. The number of fused-ring (bicyclic) bond motifs is 1. The van der Waals surface area contributed by atoms with E-state index >= 15 is 0 Å². The first-order valence-electron chi connectivity index (χ1n) is 8.47. The number of nitrogen functional groups attached to an aromatic ring is 1. The smallest absolute Gasteiger partial charge is 0.410 e. The standard InChI is InChI=1S/C17H22BrN5O3/c1-17(2,3)26-16(25)22-6-4-10(5-7-22)14(24)12-8-11(18)13-15(19)20-9-21-23(12)13/h8-10H,4-7H2,1-3H3,(H2,19,20,21). The van der Waals surface area contributed by atoms with Gasteiger partial charge in [0.1, 0.15) is 23.1 Å². The summed E-state index contributed by atoms with van der Waals surface area (Å²) in [6.07, 6.45) is 2.17. The zero-order chi connectivity index (χ0) is 19.1. The first kappa shape index (κ1) is 18.6. The molecule has 1 aliphatic heterocycles. The molecule has 1 saturated heterocycles. The molecule has 0 saturated carbocycles. The number of carbonyl (C=O) groups is 2. The fourth-order valence-corrected chi connectivity index (χ4v) is 3.65. The molecule has 0 unspecified atom stereocenters. The Labute approximate surface area is 159 Å². The Morgan fingerprint density at radius 1 is 1.31 bits per heavy atom. The zero-order valence-electron chi connectivity index (χ0n) is 15.0. The first-order chi connectivity index (χ1) is 12.2. The van der Waals surface area contributed by atoms with Crippen LogP contribution >= 0.6 is 15.9 Å². The van der Waals surface area contributed by atoms with Crippen molar-refractivity contribution < 1.29 is 14.3 Å². The van der Waals surface area contributed by atoms with E-state index in [4.69, 9.17) is 10.5 Å². The molecule has 0 spiro atoms. The van der Waals surface area contributed by atoms with Crippen molar-refractivity contribution in [1.29, 1.82) is 0 Å². The number of hydrogen-bond acceptors (Lipinski definition) is 6. The van der Waals surface area contributed by atoms with Crippen LogP contribution < -0.4 is 5.73 Å². The van der Waals surface area contributed by atoms with Crippen LogP contribution in [-0.4, -0.2) is 50.1 Å². The quantitative estimate of drug-likeness (QED) is 0.744. The molecule has 0 bridgehead atoms. The number of halogens is 1. The van der Waals surface area contributed by atoms with Crippen molar-refractivity contribution >= 4 is 39.1 Å². The van der Waals surface area contributed by atoms with E-state index in [0.717, 1.165) is 0 Å². The molecular weight excluding hydrogens is 402 g/mol. The summed E-state index contributed by atoms with van der Waals surface area (Å²) in [7, 11) is 0. The molecule has 9 heteroatoms. The minimum absolute atomic E-state index is 0.00682. The Balaban J connectivity index is 1.72. The van der Waals surface area contributed by atoms with Crippen LogP contribution in [0.25, 0.3) is 5.52 Å². The van der Waals surface area contributed by atoms with Crippen LogP contribution in [-0.2, 0) is 4.74 Å². The SMILES string of the molecule is CC(C)(C)OC(=O)N1CCC(C(=O)c2cc(Br)c3c(N)ncnn23)CC1. The maximum atomic E-state index is 13.0. The molecular formula is C17H22BrN5O3. The third-order valence-electron chi connectivity index (χ3n) is 4.31. The van der Waals surface area contributed by atoms with E-state index in [-0.39, 0.29) is 17.8 Å². The molecule has 1 fully saturated rings. The highest BCUT2D eigenvalue weighted by Crippen LogP contribution is 2.29. The van der Waals surface area contributed by atoms with E-state index in [1.165, 1.54) is 10.8 Å². The average molecular weight is 424 g/mol. The maximum absolute atomic E-state index is 13.0. The lowest BCUT2D eigenvalue weighted by Crippen LogP contribution is -2.43. The second-order valence-corrected chi connectivity index (χ2v) is 8.24. The van der Waals surface area contributed by atoms with Gasteiger partial charge in [-0.2, -0.15) is 5.10 Å². The van der Waals surface area contributed by atoms with Gasteiger partial charge in [0.05, 0.1) is 0 Å². The van der Waals surface area contributed by atoms with Crippen molar-refractivity contribution in [2.75, 3.05) is 18.8 Å². The van der Waals surface area contributed by atoms with Crippen LogP contribution in [0.15, 0.2) is 16.9 Å². The number of Topliss-reactive ketones (excluding diaryl/α,β-unsaturated/α-hetero) is 1. The Hall–Kier alpha value is -2.16. The Kier molecular flexibility index (Phi) is 4.92. The van der Waals surface area contributed by atoms with Crippen molar-refractivity contribution in [2.45, 2.75) is 39.2 Å². The van der Waals surface area contributed by atoms with E-state index in [9.17, 15) is 9.59 Å². The summed E-state index contributed by atoms with van der Waals surface area (Å²) < 4.78 is 7.60. The van der Waals surface area contributed by atoms with Gasteiger partial charge < -0.3 is 15.4 Å². The number of nitrogens with zero attached hydrogens (tertiary/aromatic N) is 4. The van der Waals surface area contributed by atoms with E-state index in [1.807, 2.05) is 20.8 Å². The predicted octanol–water partition coefficient (Wildman–Crippen LogP) is 2.90. The summed E-state index contributed by atoms with van der Waals surface area (Å²) in [6, 6.07) is 1.73. The molecule has 26 heavy (non-hydrogen) atoms. The largest absolute Gasteiger partial charge is 0.444 e. The molecule has 0 atom stereocenters. The second-order valence-electron chi connectivity index (χ2n) is 7.39. The summed E-state index contributed by atoms with van der Waals surface area (Å²) in [5, 5.41) is 4.15. The molecule has 2 aromatic rings. The van der Waals surface area contributed by atoms with Crippen molar-refractivity contribution in [3.05, 3.63) is 22.6 Å². The number of likely N-dealkylation sites (tertiary alicyclic amines) is 1. The maximum Gasteiger partial charge on any atom is 0.410 e. The molecule has 0 aliphatic carbocycles. The lowest BCUT2D eigenvalue weighted by Gasteiger charge is -2.32. The van der Waals surface area contributed by atoms with E-state index < -0.39 is 5.60 Å². The van der Waals surface area contributed by atoms with Gasteiger partial charge in [-0.15, -0.1) is 0 Å². The Bertz CT molecular complexity index is 850. The van der Waals surface area contributed by atoms with E-state index in [0.29, 0.717) is 47.4 Å². The number of carbonyl (C=O) groups excluding carboxylic acids is 2. The van der Waals surface area contributed by atoms with Gasteiger partial charge in [0, 0.05) is 23.5 Å². The highest BCUT2D eigenvalue weighted by Gasteiger charge is 2.32. The molecule has 0 aromatic carbocycles. The summed E-state index contributed by atoms with van der Waals surface area (Å²) in [5.41, 5.74) is 6.41. The van der Waals surface area contributed by atoms with Crippen LogP contribution in [0.5, 0.6) is 0 Å². The van der Waals surface area contributed by atoms with Crippen molar-refractivity contribution in [2.24, 2.45) is 5.92 Å². The lowest BCUT2D eigenvalue weighted by molar-refractivity contribution is 0.0182. The predicted molar refractivity (Wildman–Crippen MR) is 100.0 cm³/mol. The molecule has 3 rings (SSSR count). The number of rotatable bonds is 2. The van der Waals surface area contributed by atoms with Crippen LogP contribution in [0, 0.1) is 5.92 Å². The molecule has 140 valence electrons.